The molecule has 1 aromatic heterocycles. The third-order valence-corrected chi connectivity index (χ3v) is 8.06. The topological polar surface area (TPSA) is 111 Å². The van der Waals surface area contributed by atoms with Gasteiger partial charge in [-0.3, -0.25) is 9.59 Å². The molecule has 0 aliphatic rings. The molecule has 0 spiro atoms. The molecular formula is C36H34N4O2S. The highest BCUT2D eigenvalue weighted by molar-refractivity contribution is 7.13. The van der Waals surface area contributed by atoms with Gasteiger partial charge in [0.2, 0.25) is 5.91 Å². The van der Waals surface area contributed by atoms with Crippen LogP contribution < -0.4 is 16.8 Å². The molecule has 6 rings (SSSR count). The summed E-state index contributed by atoms with van der Waals surface area (Å²) >= 11 is 1.42. The first-order valence-electron chi connectivity index (χ1n) is 14.2. The molecule has 216 valence electrons. The van der Waals surface area contributed by atoms with Crippen LogP contribution in [0.2, 0.25) is 0 Å². The summed E-state index contributed by atoms with van der Waals surface area (Å²) < 4.78 is 0. The van der Waals surface area contributed by atoms with Gasteiger partial charge in [0.1, 0.15) is 5.69 Å². The van der Waals surface area contributed by atoms with Crippen LogP contribution in [0.1, 0.15) is 28.5 Å². The molecule has 2 amide bonds. The molecular weight excluding hydrogens is 552 g/mol. The smallest absolute Gasteiger partial charge is 0.268 e. The lowest BCUT2D eigenvalue weighted by Gasteiger charge is -2.18. The van der Waals surface area contributed by atoms with Crippen LogP contribution in [0.15, 0.2) is 121 Å². The molecule has 1 heterocycles. The monoisotopic (exact) mass is 586 g/mol. The zero-order chi connectivity index (χ0) is 30.2. The Hall–Kier alpha value is -4.85. The Morgan fingerprint density at radius 3 is 1.86 bits per heavy atom. The van der Waals surface area contributed by atoms with E-state index in [0.29, 0.717) is 12.1 Å². The van der Waals surface area contributed by atoms with Crippen LogP contribution in [0.5, 0.6) is 0 Å². The zero-order valence-corrected chi connectivity index (χ0v) is 24.8. The highest BCUT2D eigenvalue weighted by Crippen LogP contribution is 2.26. The Balaban J connectivity index is 0.000000220. The summed E-state index contributed by atoms with van der Waals surface area (Å²) in [6.45, 7) is 2.02. The molecule has 6 nitrogen and oxygen atoms in total. The molecule has 0 saturated carbocycles. The summed E-state index contributed by atoms with van der Waals surface area (Å²) in [4.78, 5) is 28.4. The maximum Gasteiger partial charge on any atom is 0.268 e. The molecule has 5 aromatic carbocycles. The average molecular weight is 587 g/mol. The normalized spacial score (nSPS) is 12.2. The summed E-state index contributed by atoms with van der Waals surface area (Å²) in [5.74, 6) is -0.587. The van der Waals surface area contributed by atoms with Crippen LogP contribution in [0, 0.1) is 0 Å². The van der Waals surface area contributed by atoms with Gasteiger partial charge in [0.05, 0.1) is 16.4 Å². The quantitative estimate of drug-likeness (QED) is 0.189. The zero-order valence-electron chi connectivity index (χ0n) is 23.9. The van der Waals surface area contributed by atoms with E-state index in [-0.39, 0.29) is 11.9 Å². The van der Waals surface area contributed by atoms with Crippen molar-refractivity contribution in [3.63, 3.8) is 0 Å². The highest BCUT2D eigenvalue weighted by atomic mass is 32.1. The fourth-order valence-corrected chi connectivity index (χ4v) is 5.85. The molecule has 0 saturated heterocycles. The van der Waals surface area contributed by atoms with E-state index in [1.165, 1.54) is 38.4 Å². The van der Waals surface area contributed by atoms with Crippen LogP contribution in [0.4, 0.5) is 0 Å². The number of nitrogens with zero attached hydrogens (tertiary/aromatic N) is 1. The number of hydrogen-bond donors (Lipinski definition) is 3. The Morgan fingerprint density at radius 2 is 1.28 bits per heavy atom. The van der Waals surface area contributed by atoms with Crippen molar-refractivity contribution in [2.45, 2.75) is 31.8 Å². The van der Waals surface area contributed by atoms with Gasteiger partial charge >= 0.3 is 0 Å². The SMILES string of the molecule is C[C@@H](Cc1ccc2ccccc2c1)NC(=O)[C@H](N)Cc1ccc2ccccc2c1.NC(=O)c1ncsc1-c1ccccc1. The van der Waals surface area contributed by atoms with E-state index in [2.05, 4.69) is 64.9 Å². The number of carbonyl (C=O) groups excluding carboxylic acids is 2. The molecule has 0 unspecified atom stereocenters. The van der Waals surface area contributed by atoms with Gasteiger partial charge < -0.3 is 16.8 Å². The lowest BCUT2D eigenvalue weighted by atomic mass is 10.0. The van der Waals surface area contributed by atoms with E-state index in [9.17, 15) is 9.59 Å². The first kappa shape index (κ1) is 29.6. The van der Waals surface area contributed by atoms with Crippen molar-refractivity contribution in [3.05, 3.63) is 138 Å². The number of fused-ring (bicyclic) bond motifs is 2. The third-order valence-electron chi connectivity index (χ3n) is 7.19. The molecule has 0 aliphatic carbocycles. The predicted octanol–water partition coefficient (Wildman–Crippen LogP) is 6.52. The second-order valence-corrected chi connectivity index (χ2v) is 11.4. The highest BCUT2D eigenvalue weighted by Gasteiger charge is 2.17. The molecule has 5 N–H and O–H groups in total. The Bertz CT molecular complexity index is 1850. The van der Waals surface area contributed by atoms with Crippen LogP contribution in [0.3, 0.4) is 0 Å². The maximum absolute atomic E-state index is 12.6. The number of amides is 2. The Morgan fingerprint density at radius 1 is 0.744 bits per heavy atom. The number of carbonyl (C=O) groups is 2. The molecule has 43 heavy (non-hydrogen) atoms. The first-order valence-corrected chi connectivity index (χ1v) is 15.1. The number of aromatic nitrogens is 1. The van der Waals surface area contributed by atoms with Gasteiger partial charge in [-0.2, -0.15) is 0 Å². The van der Waals surface area contributed by atoms with Gasteiger partial charge in [-0.05, 0) is 58.0 Å². The largest absolute Gasteiger partial charge is 0.364 e. The van der Waals surface area contributed by atoms with Crippen molar-refractivity contribution < 1.29 is 9.59 Å². The molecule has 0 fully saturated rings. The van der Waals surface area contributed by atoms with Gasteiger partial charge in [0.15, 0.2) is 0 Å². The van der Waals surface area contributed by atoms with E-state index in [0.717, 1.165) is 22.4 Å². The number of rotatable bonds is 8. The number of nitrogens with two attached hydrogens (primary N) is 2. The lowest BCUT2D eigenvalue weighted by Crippen LogP contribution is -2.46. The second-order valence-electron chi connectivity index (χ2n) is 10.5. The van der Waals surface area contributed by atoms with Gasteiger partial charge in [-0.25, -0.2) is 4.98 Å². The summed E-state index contributed by atoms with van der Waals surface area (Å²) in [5.41, 5.74) is 16.6. The van der Waals surface area contributed by atoms with Gasteiger partial charge in [-0.1, -0.05) is 115 Å². The summed E-state index contributed by atoms with van der Waals surface area (Å²) in [6, 6.07) is 38.3. The van der Waals surface area contributed by atoms with Gasteiger partial charge in [0.25, 0.3) is 5.91 Å². The van der Waals surface area contributed by atoms with Crippen molar-refractivity contribution >= 4 is 44.7 Å². The Kier molecular flexibility index (Phi) is 9.56. The standard InChI is InChI=1S/C26H26N2O.C10H8N2OS/c1-18(14-19-10-12-21-6-2-4-8-23(21)15-19)28-26(29)25(27)17-20-11-13-22-7-3-5-9-24(22)16-20;11-10(13)8-9(14-6-12-8)7-4-2-1-3-5-7/h2-13,15-16,18,25H,14,17,27H2,1H3,(H,28,29);1-6H,(H2,11,13)/t18-,25+;/m0./s1. The van der Waals surface area contributed by atoms with Crippen molar-refractivity contribution in [1.82, 2.24) is 10.3 Å². The summed E-state index contributed by atoms with van der Waals surface area (Å²) in [5, 5.41) is 7.88. The summed E-state index contributed by atoms with van der Waals surface area (Å²) in [6.07, 6.45) is 1.30. The molecule has 0 radical (unpaired) electrons. The number of benzene rings is 5. The van der Waals surface area contributed by atoms with E-state index in [1.807, 2.05) is 67.6 Å². The van der Waals surface area contributed by atoms with Crippen LogP contribution in [-0.2, 0) is 17.6 Å². The van der Waals surface area contributed by atoms with E-state index in [1.54, 1.807) is 5.51 Å². The average Bonchev–Trinajstić information content (AvgIpc) is 3.52. The molecule has 6 aromatic rings. The van der Waals surface area contributed by atoms with E-state index < -0.39 is 11.9 Å². The predicted molar refractivity (Wildman–Crippen MR) is 177 cm³/mol. The number of hydrogen-bond acceptors (Lipinski definition) is 5. The minimum Gasteiger partial charge on any atom is -0.364 e. The Labute approximate surface area is 255 Å². The number of nitrogens with one attached hydrogen (secondary N) is 1. The molecule has 0 aliphatic heterocycles. The lowest BCUT2D eigenvalue weighted by molar-refractivity contribution is -0.122. The fourth-order valence-electron chi connectivity index (χ4n) is 5.05. The van der Waals surface area contributed by atoms with E-state index in [4.69, 9.17) is 11.5 Å². The number of thiazole rings is 1. The first-order chi connectivity index (χ1) is 20.9. The van der Waals surface area contributed by atoms with Crippen molar-refractivity contribution in [1.29, 1.82) is 0 Å². The minimum absolute atomic E-state index is 0.0197. The third kappa shape index (κ3) is 7.71. The van der Waals surface area contributed by atoms with Crippen molar-refractivity contribution in [2.75, 3.05) is 0 Å². The molecule has 0 bridgehead atoms. The minimum atomic E-state index is -0.560. The van der Waals surface area contributed by atoms with Crippen LogP contribution >= 0.6 is 11.3 Å². The second kappa shape index (κ2) is 13.9. The molecule has 7 heteroatoms. The van der Waals surface area contributed by atoms with Crippen molar-refractivity contribution in [3.8, 4) is 10.4 Å². The molecule has 2 atom stereocenters. The summed E-state index contributed by atoms with van der Waals surface area (Å²) in [7, 11) is 0. The maximum atomic E-state index is 12.6. The van der Waals surface area contributed by atoms with E-state index >= 15 is 0 Å². The van der Waals surface area contributed by atoms with Gasteiger partial charge in [0, 0.05) is 6.04 Å². The fraction of sp³-hybridized carbons (Fsp3) is 0.139. The van der Waals surface area contributed by atoms with Crippen LogP contribution in [-0.4, -0.2) is 28.9 Å². The van der Waals surface area contributed by atoms with Crippen molar-refractivity contribution in [2.24, 2.45) is 11.5 Å². The van der Waals surface area contributed by atoms with Crippen LogP contribution in [0.25, 0.3) is 32.0 Å². The number of primary amides is 1. The van der Waals surface area contributed by atoms with Gasteiger partial charge in [-0.15, -0.1) is 11.3 Å².